The lowest BCUT2D eigenvalue weighted by atomic mass is 9.90. The van der Waals surface area contributed by atoms with Crippen LogP contribution >= 0.6 is 23.6 Å². The lowest BCUT2D eigenvalue weighted by molar-refractivity contribution is -0.116. The monoisotopic (exact) mass is 491 g/mol. The molecule has 1 aliphatic carbocycles. The Morgan fingerprint density at radius 3 is 2.71 bits per heavy atom. The number of carbonyl (C=O) groups excluding carboxylic acids is 1. The van der Waals surface area contributed by atoms with Crippen molar-refractivity contribution in [1.82, 2.24) is 19.7 Å². The van der Waals surface area contributed by atoms with Crippen LogP contribution in [-0.4, -0.2) is 32.8 Å². The van der Waals surface area contributed by atoms with Crippen LogP contribution in [0.3, 0.4) is 0 Å². The average molecular weight is 492 g/mol. The Kier molecular flexibility index (Phi) is 6.55. The highest BCUT2D eigenvalue weighted by Crippen LogP contribution is 2.30. The summed E-state index contributed by atoms with van der Waals surface area (Å²) in [6, 6.07) is 14.2. The molecule has 7 nitrogen and oxygen atoms in total. The second kappa shape index (κ2) is 9.90. The first-order valence-electron chi connectivity index (χ1n) is 11.3. The zero-order chi connectivity index (χ0) is 23.5. The number of anilines is 1. The molecule has 0 saturated carbocycles. The number of H-pyrrole nitrogens is 1. The summed E-state index contributed by atoms with van der Waals surface area (Å²) in [5.41, 5.74) is 5.76. The minimum absolute atomic E-state index is 0.116. The van der Waals surface area contributed by atoms with Crippen molar-refractivity contribution in [3.8, 4) is 28.4 Å². The Bertz CT molecular complexity index is 1370. The topological polar surface area (TPSA) is 84.8 Å². The lowest BCUT2D eigenvalue weighted by Gasteiger charge is -2.16. The minimum atomic E-state index is -0.116. The Balaban J connectivity index is 1.24. The molecule has 174 valence electrons. The average Bonchev–Trinajstić information content (AvgIpc) is 3.49. The van der Waals surface area contributed by atoms with Gasteiger partial charge in [0.15, 0.2) is 15.7 Å². The third-order valence-corrected chi connectivity index (χ3v) is 7.13. The SMILES string of the molecule is COc1ccc(-c2n[nH]c(=S)n2CCC(=O)Nc2nc(-c3ccc4c(c3)CCCC4)cs2)cc1. The predicted octanol–water partition coefficient (Wildman–Crippen LogP) is 5.65. The van der Waals surface area contributed by atoms with Crippen LogP contribution in [0.15, 0.2) is 47.8 Å². The van der Waals surface area contributed by atoms with Gasteiger partial charge in [0.1, 0.15) is 5.75 Å². The molecule has 0 saturated heterocycles. The number of carbonyl (C=O) groups is 1. The van der Waals surface area contributed by atoms with Gasteiger partial charge >= 0.3 is 0 Å². The third kappa shape index (κ3) is 4.80. The number of fused-ring (bicyclic) bond motifs is 1. The maximum atomic E-state index is 12.6. The lowest BCUT2D eigenvalue weighted by Crippen LogP contribution is -2.15. The molecule has 2 aromatic carbocycles. The number of thiazole rings is 1. The van der Waals surface area contributed by atoms with Gasteiger partial charge < -0.3 is 10.1 Å². The highest BCUT2D eigenvalue weighted by atomic mass is 32.1. The van der Waals surface area contributed by atoms with Gasteiger partial charge in [0, 0.05) is 29.5 Å². The van der Waals surface area contributed by atoms with E-state index < -0.39 is 0 Å². The van der Waals surface area contributed by atoms with Crippen molar-refractivity contribution >= 4 is 34.6 Å². The van der Waals surface area contributed by atoms with Crippen LogP contribution < -0.4 is 10.1 Å². The number of amides is 1. The molecule has 1 aliphatic rings. The number of benzene rings is 2. The number of nitrogens with zero attached hydrogens (tertiary/aromatic N) is 3. The number of aromatic nitrogens is 4. The molecule has 0 fully saturated rings. The summed E-state index contributed by atoms with van der Waals surface area (Å²) < 4.78 is 7.52. The quantitative estimate of drug-likeness (QED) is 0.327. The van der Waals surface area contributed by atoms with Gasteiger partial charge in [-0.3, -0.25) is 14.5 Å². The van der Waals surface area contributed by atoms with E-state index in [1.807, 2.05) is 34.2 Å². The van der Waals surface area contributed by atoms with Crippen molar-refractivity contribution in [3.63, 3.8) is 0 Å². The van der Waals surface area contributed by atoms with Crippen LogP contribution in [0.25, 0.3) is 22.6 Å². The number of nitrogens with one attached hydrogen (secondary N) is 2. The van der Waals surface area contributed by atoms with Gasteiger partial charge in [0.2, 0.25) is 5.91 Å². The van der Waals surface area contributed by atoms with Crippen LogP contribution in [0, 0.1) is 4.77 Å². The standard InChI is InChI=1S/C25H25N5O2S2/c1-32-20-10-8-17(9-11-20)23-28-29-25(33)30(23)13-12-22(31)27-24-26-21(15-34-24)19-7-6-16-4-2-3-5-18(16)14-19/h6-11,14-15H,2-5,12-13H2,1H3,(H,29,33)(H,26,27,31). The van der Waals surface area contributed by atoms with Crippen molar-refractivity contribution in [3.05, 3.63) is 63.7 Å². The Labute approximate surface area is 206 Å². The smallest absolute Gasteiger partial charge is 0.227 e. The van der Waals surface area contributed by atoms with Crippen LogP contribution in [0.1, 0.15) is 30.4 Å². The molecule has 0 aliphatic heterocycles. The second-order valence-electron chi connectivity index (χ2n) is 8.26. The van der Waals surface area contributed by atoms with Gasteiger partial charge in [-0.2, -0.15) is 5.10 Å². The van der Waals surface area contributed by atoms with Gasteiger partial charge in [-0.05, 0) is 79.4 Å². The molecule has 2 aromatic heterocycles. The first kappa shape index (κ1) is 22.5. The molecule has 4 aromatic rings. The minimum Gasteiger partial charge on any atom is -0.497 e. The molecule has 2 heterocycles. The van der Waals surface area contributed by atoms with Crippen molar-refractivity contribution in [2.75, 3.05) is 12.4 Å². The van der Waals surface area contributed by atoms with Gasteiger partial charge in [0.25, 0.3) is 0 Å². The molecular weight excluding hydrogens is 466 g/mol. The Hall–Kier alpha value is -3.30. The van der Waals surface area contributed by atoms with Gasteiger partial charge in [0.05, 0.1) is 12.8 Å². The summed E-state index contributed by atoms with van der Waals surface area (Å²) in [6.45, 7) is 0.408. The summed E-state index contributed by atoms with van der Waals surface area (Å²) in [4.78, 5) is 17.3. The van der Waals surface area contributed by atoms with Crippen molar-refractivity contribution in [1.29, 1.82) is 0 Å². The summed E-state index contributed by atoms with van der Waals surface area (Å²) >= 11 is 6.82. The molecule has 5 rings (SSSR count). The first-order valence-corrected chi connectivity index (χ1v) is 12.6. The van der Waals surface area contributed by atoms with E-state index in [0.717, 1.165) is 35.4 Å². The Morgan fingerprint density at radius 2 is 1.91 bits per heavy atom. The number of methoxy groups -OCH3 is 1. The summed E-state index contributed by atoms with van der Waals surface area (Å²) in [5.74, 6) is 1.33. The van der Waals surface area contributed by atoms with Crippen LogP contribution in [0.4, 0.5) is 5.13 Å². The number of aromatic amines is 1. The second-order valence-corrected chi connectivity index (χ2v) is 9.50. The van der Waals surface area contributed by atoms with E-state index in [0.29, 0.717) is 22.3 Å². The summed E-state index contributed by atoms with van der Waals surface area (Å²) in [5, 5.41) is 12.7. The Morgan fingerprint density at radius 1 is 1.15 bits per heavy atom. The summed E-state index contributed by atoms with van der Waals surface area (Å²) in [7, 11) is 1.63. The molecular formula is C25H25N5O2S2. The maximum Gasteiger partial charge on any atom is 0.227 e. The van der Waals surface area contributed by atoms with E-state index in [-0.39, 0.29) is 12.3 Å². The molecule has 0 unspecified atom stereocenters. The van der Waals surface area contributed by atoms with Gasteiger partial charge in [-0.1, -0.05) is 12.1 Å². The fraction of sp³-hybridized carbons (Fsp3) is 0.280. The van der Waals surface area contributed by atoms with E-state index >= 15 is 0 Å². The first-order chi connectivity index (χ1) is 16.6. The fourth-order valence-corrected chi connectivity index (χ4v) is 5.20. The molecule has 2 N–H and O–H groups in total. The third-order valence-electron chi connectivity index (χ3n) is 6.06. The fourth-order valence-electron chi connectivity index (χ4n) is 4.24. The molecule has 0 bridgehead atoms. The number of rotatable bonds is 7. The normalized spacial score (nSPS) is 12.9. The van der Waals surface area contributed by atoms with Crippen LogP contribution in [0.5, 0.6) is 5.75 Å². The van der Waals surface area contributed by atoms with E-state index in [1.54, 1.807) is 7.11 Å². The van der Waals surface area contributed by atoms with E-state index in [2.05, 4.69) is 38.7 Å². The molecule has 34 heavy (non-hydrogen) atoms. The highest BCUT2D eigenvalue weighted by molar-refractivity contribution is 7.71. The van der Waals surface area contributed by atoms with E-state index in [4.69, 9.17) is 17.0 Å². The van der Waals surface area contributed by atoms with Crippen LogP contribution in [-0.2, 0) is 24.2 Å². The molecule has 0 spiro atoms. The molecule has 0 atom stereocenters. The van der Waals surface area contributed by atoms with E-state index in [1.165, 1.54) is 35.3 Å². The van der Waals surface area contributed by atoms with Crippen molar-refractivity contribution < 1.29 is 9.53 Å². The van der Waals surface area contributed by atoms with Crippen molar-refractivity contribution in [2.45, 2.75) is 38.6 Å². The zero-order valence-electron chi connectivity index (χ0n) is 18.8. The molecule has 9 heteroatoms. The number of ether oxygens (including phenoxy) is 1. The highest BCUT2D eigenvalue weighted by Gasteiger charge is 2.14. The number of hydrogen-bond donors (Lipinski definition) is 2. The zero-order valence-corrected chi connectivity index (χ0v) is 20.5. The number of aryl methyl sites for hydroxylation is 2. The van der Waals surface area contributed by atoms with Gasteiger partial charge in [-0.15, -0.1) is 11.3 Å². The van der Waals surface area contributed by atoms with Crippen molar-refractivity contribution in [2.24, 2.45) is 0 Å². The number of hydrogen-bond acceptors (Lipinski definition) is 6. The van der Waals surface area contributed by atoms with Crippen LogP contribution in [0.2, 0.25) is 0 Å². The predicted molar refractivity (Wildman–Crippen MR) is 137 cm³/mol. The molecule has 1 amide bonds. The van der Waals surface area contributed by atoms with E-state index in [9.17, 15) is 4.79 Å². The molecule has 0 radical (unpaired) electrons. The largest absolute Gasteiger partial charge is 0.497 e. The van der Waals surface area contributed by atoms with Gasteiger partial charge in [-0.25, -0.2) is 4.98 Å². The summed E-state index contributed by atoms with van der Waals surface area (Å²) in [6.07, 6.45) is 5.06. The maximum absolute atomic E-state index is 12.6.